The second-order valence-corrected chi connectivity index (χ2v) is 6.00. The van der Waals surface area contributed by atoms with E-state index < -0.39 is 6.10 Å². The molecule has 0 aliphatic heterocycles. The van der Waals surface area contributed by atoms with Gasteiger partial charge in [-0.05, 0) is 30.8 Å². The second kappa shape index (κ2) is 8.39. The van der Waals surface area contributed by atoms with Gasteiger partial charge in [0.05, 0.1) is 5.02 Å². The molecule has 2 rings (SSSR count). The van der Waals surface area contributed by atoms with E-state index in [4.69, 9.17) is 27.9 Å². The van der Waals surface area contributed by atoms with Crippen LogP contribution in [0.25, 0.3) is 0 Å². The molecule has 0 fully saturated rings. The van der Waals surface area contributed by atoms with Gasteiger partial charge < -0.3 is 9.84 Å². The van der Waals surface area contributed by atoms with E-state index in [9.17, 15) is 5.11 Å². The highest BCUT2D eigenvalue weighted by Gasteiger charge is 2.11. The van der Waals surface area contributed by atoms with E-state index in [2.05, 4.69) is 0 Å². The van der Waals surface area contributed by atoms with Crippen LogP contribution in [-0.2, 0) is 6.54 Å². The van der Waals surface area contributed by atoms with E-state index in [1.807, 2.05) is 48.3 Å². The normalized spacial score (nSPS) is 12.4. The third-order valence-corrected chi connectivity index (χ3v) is 3.87. The van der Waals surface area contributed by atoms with E-state index in [1.54, 1.807) is 12.1 Å². The molecule has 0 radical (unpaired) electrons. The van der Waals surface area contributed by atoms with E-state index in [-0.39, 0.29) is 6.61 Å². The van der Waals surface area contributed by atoms with Gasteiger partial charge in [0, 0.05) is 18.1 Å². The maximum absolute atomic E-state index is 10.1. The van der Waals surface area contributed by atoms with Crippen LogP contribution in [0.3, 0.4) is 0 Å². The highest BCUT2D eigenvalue weighted by atomic mass is 35.5. The third kappa shape index (κ3) is 5.18. The summed E-state index contributed by atoms with van der Waals surface area (Å²) in [6.45, 7) is 1.34. The summed E-state index contributed by atoms with van der Waals surface area (Å²) in [5, 5.41) is 11.3. The fourth-order valence-corrected chi connectivity index (χ4v) is 2.53. The number of halogens is 2. The Labute approximate surface area is 141 Å². The molecule has 0 aliphatic rings. The minimum atomic E-state index is -0.608. The van der Waals surface area contributed by atoms with Gasteiger partial charge in [-0.15, -0.1) is 0 Å². The molecule has 0 spiro atoms. The minimum absolute atomic E-state index is 0.191. The molecule has 0 aromatic heterocycles. The van der Waals surface area contributed by atoms with Gasteiger partial charge in [-0.3, -0.25) is 4.90 Å². The summed E-state index contributed by atoms with van der Waals surface area (Å²) < 4.78 is 5.54. The van der Waals surface area contributed by atoms with Crippen molar-refractivity contribution in [1.29, 1.82) is 0 Å². The van der Waals surface area contributed by atoms with Gasteiger partial charge in [-0.2, -0.15) is 0 Å². The van der Waals surface area contributed by atoms with Crippen molar-refractivity contribution in [2.75, 3.05) is 20.2 Å². The molecule has 0 saturated heterocycles. The summed E-state index contributed by atoms with van der Waals surface area (Å²) in [5.41, 5.74) is 1.03. The van der Waals surface area contributed by atoms with Gasteiger partial charge in [-0.1, -0.05) is 53.5 Å². The van der Waals surface area contributed by atoms with Crippen molar-refractivity contribution in [3.05, 3.63) is 64.1 Å². The van der Waals surface area contributed by atoms with Crippen LogP contribution in [0.2, 0.25) is 10.0 Å². The molecule has 2 aromatic carbocycles. The van der Waals surface area contributed by atoms with Gasteiger partial charge >= 0.3 is 0 Å². The number of likely N-dealkylation sites (N-methyl/N-ethyl adjacent to an activating group) is 1. The van der Waals surface area contributed by atoms with Gasteiger partial charge in [0.2, 0.25) is 0 Å². The summed E-state index contributed by atoms with van der Waals surface area (Å²) in [4.78, 5) is 2.00. The number of rotatable bonds is 7. The minimum Gasteiger partial charge on any atom is -0.489 e. The Bertz CT molecular complexity index is 607. The topological polar surface area (TPSA) is 32.7 Å². The van der Waals surface area contributed by atoms with Crippen molar-refractivity contribution >= 4 is 23.2 Å². The number of nitrogens with zero attached hydrogens (tertiary/aromatic N) is 1. The SMILES string of the molecule is CN(Cc1ccccc1Cl)CC(O)COc1ccccc1Cl. The zero-order valence-corrected chi connectivity index (χ0v) is 13.9. The summed E-state index contributed by atoms with van der Waals surface area (Å²) in [6, 6.07) is 14.9. The molecule has 0 aliphatic carbocycles. The first-order valence-corrected chi connectivity index (χ1v) is 7.79. The predicted octanol–water partition coefficient (Wildman–Crippen LogP) is 3.87. The Balaban J connectivity index is 1.80. The van der Waals surface area contributed by atoms with Gasteiger partial charge in [0.15, 0.2) is 0 Å². The standard InChI is InChI=1S/C17H19Cl2NO2/c1-20(10-13-6-2-3-7-15(13)18)11-14(21)12-22-17-9-5-4-8-16(17)19/h2-9,14,21H,10-12H2,1H3. The lowest BCUT2D eigenvalue weighted by Gasteiger charge is -2.21. The van der Waals surface area contributed by atoms with E-state index in [0.717, 1.165) is 10.6 Å². The Kier molecular flexibility index (Phi) is 6.52. The highest BCUT2D eigenvalue weighted by Crippen LogP contribution is 2.23. The third-order valence-electron chi connectivity index (χ3n) is 3.19. The number of para-hydroxylation sites is 1. The van der Waals surface area contributed by atoms with Crippen molar-refractivity contribution in [3.8, 4) is 5.75 Å². The molecular weight excluding hydrogens is 321 g/mol. The Morgan fingerprint density at radius 3 is 2.36 bits per heavy atom. The largest absolute Gasteiger partial charge is 0.489 e. The molecule has 22 heavy (non-hydrogen) atoms. The predicted molar refractivity (Wildman–Crippen MR) is 90.7 cm³/mol. The second-order valence-electron chi connectivity index (χ2n) is 5.18. The van der Waals surface area contributed by atoms with Crippen LogP contribution < -0.4 is 4.74 Å². The van der Waals surface area contributed by atoms with Crippen molar-refractivity contribution in [3.63, 3.8) is 0 Å². The summed E-state index contributed by atoms with van der Waals surface area (Å²) in [7, 11) is 1.93. The van der Waals surface area contributed by atoms with Crippen LogP contribution in [-0.4, -0.2) is 36.3 Å². The molecule has 0 saturated carbocycles. The number of aliphatic hydroxyl groups excluding tert-OH is 1. The van der Waals surface area contributed by atoms with Crippen molar-refractivity contribution in [2.24, 2.45) is 0 Å². The summed E-state index contributed by atoms with van der Waals surface area (Å²) in [6.07, 6.45) is -0.608. The smallest absolute Gasteiger partial charge is 0.138 e. The Morgan fingerprint density at radius 2 is 1.68 bits per heavy atom. The van der Waals surface area contributed by atoms with E-state index >= 15 is 0 Å². The molecule has 2 aromatic rings. The lowest BCUT2D eigenvalue weighted by Crippen LogP contribution is -2.32. The molecule has 1 atom stereocenters. The fraction of sp³-hybridized carbons (Fsp3) is 0.294. The van der Waals surface area contributed by atoms with Crippen LogP contribution in [0.5, 0.6) is 5.75 Å². The Morgan fingerprint density at radius 1 is 1.05 bits per heavy atom. The van der Waals surface area contributed by atoms with Crippen molar-refractivity contribution in [2.45, 2.75) is 12.6 Å². The molecule has 0 bridgehead atoms. The molecule has 5 heteroatoms. The summed E-state index contributed by atoms with van der Waals surface area (Å²) >= 11 is 12.1. The van der Waals surface area contributed by atoms with Crippen LogP contribution in [0.15, 0.2) is 48.5 Å². The molecule has 118 valence electrons. The maximum atomic E-state index is 10.1. The molecule has 0 heterocycles. The molecule has 1 N–H and O–H groups in total. The van der Waals surface area contributed by atoms with Gasteiger partial charge in [0.25, 0.3) is 0 Å². The first kappa shape index (κ1) is 17.1. The van der Waals surface area contributed by atoms with Gasteiger partial charge in [0.1, 0.15) is 18.5 Å². The quantitative estimate of drug-likeness (QED) is 0.831. The number of ether oxygens (including phenoxy) is 1. The highest BCUT2D eigenvalue weighted by molar-refractivity contribution is 6.32. The van der Waals surface area contributed by atoms with Crippen molar-refractivity contribution < 1.29 is 9.84 Å². The number of hydrogen-bond acceptors (Lipinski definition) is 3. The lowest BCUT2D eigenvalue weighted by atomic mass is 10.2. The van der Waals surface area contributed by atoms with Gasteiger partial charge in [-0.25, -0.2) is 0 Å². The van der Waals surface area contributed by atoms with Crippen LogP contribution in [0.4, 0.5) is 0 Å². The summed E-state index contributed by atoms with van der Waals surface area (Å²) in [5.74, 6) is 0.581. The first-order valence-electron chi connectivity index (χ1n) is 7.03. The van der Waals surface area contributed by atoms with Crippen LogP contribution in [0, 0.1) is 0 Å². The average Bonchev–Trinajstić information content (AvgIpc) is 2.49. The lowest BCUT2D eigenvalue weighted by molar-refractivity contribution is 0.0744. The van der Waals surface area contributed by atoms with E-state index in [0.29, 0.717) is 23.9 Å². The zero-order valence-electron chi connectivity index (χ0n) is 12.4. The average molecular weight is 340 g/mol. The van der Waals surface area contributed by atoms with Crippen molar-refractivity contribution in [1.82, 2.24) is 4.90 Å². The number of aliphatic hydroxyl groups is 1. The maximum Gasteiger partial charge on any atom is 0.138 e. The van der Waals surface area contributed by atoms with Crippen LogP contribution >= 0.6 is 23.2 Å². The first-order chi connectivity index (χ1) is 10.6. The number of benzene rings is 2. The molecule has 1 unspecified atom stereocenters. The Hall–Kier alpha value is -1.26. The molecule has 3 nitrogen and oxygen atoms in total. The van der Waals surface area contributed by atoms with Crippen LogP contribution in [0.1, 0.15) is 5.56 Å². The molecule has 0 amide bonds. The van der Waals surface area contributed by atoms with E-state index in [1.165, 1.54) is 0 Å². The number of hydrogen-bond donors (Lipinski definition) is 1. The monoisotopic (exact) mass is 339 g/mol. The zero-order chi connectivity index (χ0) is 15.9. The fourth-order valence-electron chi connectivity index (χ4n) is 2.14. The molecular formula is C17H19Cl2NO2.